The molecule has 5 rings (SSSR count). The van der Waals surface area contributed by atoms with Crippen molar-refractivity contribution in [1.82, 2.24) is 9.71 Å². The molecule has 3 aromatic carbocycles. The topological polar surface area (TPSA) is 92.3 Å². The van der Waals surface area contributed by atoms with Crippen LogP contribution in [-0.4, -0.2) is 29.4 Å². The van der Waals surface area contributed by atoms with E-state index in [9.17, 15) is 9.59 Å². The molecule has 1 saturated carbocycles. The number of fused-ring (bicyclic) bond motifs is 1. The molecule has 0 saturated heterocycles. The lowest BCUT2D eigenvalue weighted by Gasteiger charge is -2.25. The van der Waals surface area contributed by atoms with Gasteiger partial charge in [0, 0.05) is 34.9 Å². The molecular weight excluding hydrogens is 516 g/mol. The Labute approximate surface area is 230 Å². The summed E-state index contributed by atoms with van der Waals surface area (Å²) in [6.07, 6.45) is 5.76. The van der Waals surface area contributed by atoms with Gasteiger partial charge in [-0.1, -0.05) is 37.5 Å². The minimum Gasteiger partial charge on any atom is -0.494 e. The molecule has 196 valence electrons. The number of para-hydroxylation sites is 1. The lowest BCUT2D eigenvalue weighted by molar-refractivity contribution is 0.0984. The van der Waals surface area contributed by atoms with E-state index in [1.807, 2.05) is 61.5 Å². The normalized spacial score (nSPS) is 13.7. The van der Waals surface area contributed by atoms with Crippen LogP contribution in [0.15, 0.2) is 71.1 Å². The number of hydrogen-bond acceptors (Lipinski definition) is 7. The molecule has 9 heteroatoms. The smallest absolute Gasteiger partial charge is 0.261 e. The third-order valence-electron chi connectivity index (χ3n) is 6.41. The van der Waals surface area contributed by atoms with Gasteiger partial charge in [-0.2, -0.15) is 0 Å². The molecule has 0 spiro atoms. The molecule has 0 unspecified atom stereocenters. The van der Waals surface area contributed by atoms with Crippen molar-refractivity contribution in [3.05, 3.63) is 77.9 Å². The van der Waals surface area contributed by atoms with Crippen LogP contribution in [0.2, 0.25) is 0 Å². The molecule has 1 aromatic heterocycles. The third-order valence-corrected chi connectivity index (χ3v) is 8.27. The summed E-state index contributed by atoms with van der Waals surface area (Å²) in [6.45, 7) is 2.55. The number of thiazole rings is 1. The van der Waals surface area contributed by atoms with E-state index in [1.165, 1.54) is 42.5 Å². The van der Waals surface area contributed by atoms with Gasteiger partial charge in [-0.05, 0) is 68.3 Å². The van der Waals surface area contributed by atoms with Crippen LogP contribution < -0.4 is 20.1 Å². The number of ether oxygens (including phenoxy) is 1. The Bertz CT molecular complexity index is 1420. The summed E-state index contributed by atoms with van der Waals surface area (Å²) >= 11 is 2.66. The maximum absolute atomic E-state index is 13.3. The summed E-state index contributed by atoms with van der Waals surface area (Å²) in [5, 5.41) is 6.51. The molecule has 1 fully saturated rings. The molecule has 1 heterocycles. The first-order valence-electron chi connectivity index (χ1n) is 12.9. The number of rotatable bonds is 9. The van der Waals surface area contributed by atoms with Gasteiger partial charge in [-0.15, -0.1) is 11.3 Å². The Kier molecular flexibility index (Phi) is 8.45. The second-order valence-electron chi connectivity index (χ2n) is 9.14. The van der Waals surface area contributed by atoms with Gasteiger partial charge in [-0.3, -0.25) is 14.3 Å². The minimum atomic E-state index is -0.290. The summed E-state index contributed by atoms with van der Waals surface area (Å²) in [6, 6.07) is 20.7. The molecule has 0 atom stereocenters. The molecule has 0 aliphatic heterocycles. The summed E-state index contributed by atoms with van der Waals surface area (Å²) in [5.74, 6) is 0.253. The first kappa shape index (κ1) is 26.1. The number of benzene rings is 3. The number of anilines is 2. The van der Waals surface area contributed by atoms with Gasteiger partial charge in [-0.25, -0.2) is 4.98 Å². The maximum atomic E-state index is 13.3. The molecule has 3 N–H and O–H groups in total. The number of amides is 2. The monoisotopic (exact) mass is 546 g/mol. The van der Waals surface area contributed by atoms with E-state index in [0.29, 0.717) is 29.5 Å². The van der Waals surface area contributed by atoms with E-state index in [0.717, 1.165) is 38.8 Å². The summed E-state index contributed by atoms with van der Waals surface area (Å²) in [4.78, 5) is 31.0. The fraction of sp³-hybridized carbons (Fsp3) is 0.276. The highest BCUT2D eigenvalue weighted by molar-refractivity contribution is 7.99. The Hall–Kier alpha value is -3.56. The number of carbonyl (C=O) groups is 2. The van der Waals surface area contributed by atoms with Crippen molar-refractivity contribution in [2.24, 2.45) is 0 Å². The zero-order valence-electron chi connectivity index (χ0n) is 21.2. The van der Waals surface area contributed by atoms with Gasteiger partial charge in [0.2, 0.25) is 0 Å². The summed E-state index contributed by atoms with van der Waals surface area (Å²) < 4.78 is 10.2. The number of carbonyl (C=O) groups excluding carboxylic acids is 2. The number of nitrogens with zero attached hydrogens (tertiary/aromatic N) is 1. The highest BCUT2D eigenvalue weighted by atomic mass is 32.2. The molecule has 38 heavy (non-hydrogen) atoms. The van der Waals surface area contributed by atoms with Crippen LogP contribution in [0, 0.1) is 0 Å². The third kappa shape index (κ3) is 6.46. The quantitative estimate of drug-likeness (QED) is 0.193. The molecule has 1 aliphatic carbocycles. The molecule has 2 amide bonds. The Balaban J connectivity index is 1.32. The summed E-state index contributed by atoms with van der Waals surface area (Å²) in [5.41, 5.74) is 3.15. The second-order valence-corrected chi connectivity index (χ2v) is 11.2. The van der Waals surface area contributed by atoms with Crippen molar-refractivity contribution in [2.75, 3.05) is 17.2 Å². The predicted molar refractivity (Wildman–Crippen MR) is 155 cm³/mol. The van der Waals surface area contributed by atoms with Crippen molar-refractivity contribution in [3.63, 3.8) is 0 Å². The van der Waals surface area contributed by atoms with Crippen LogP contribution >= 0.6 is 23.3 Å². The highest BCUT2D eigenvalue weighted by Crippen LogP contribution is 2.31. The van der Waals surface area contributed by atoms with Crippen molar-refractivity contribution in [3.8, 4) is 5.75 Å². The van der Waals surface area contributed by atoms with Crippen molar-refractivity contribution >= 4 is 56.7 Å². The lowest BCUT2D eigenvalue weighted by atomic mass is 9.95. The van der Waals surface area contributed by atoms with E-state index < -0.39 is 0 Å². The van der Waals surface area contributed by atoms with Crippen LogP contribution in [-0.2, 0) is 0 Å². The van der Waals surface area contributed by atoms with Gasteiger partial charge in [0.15, 0.2) is 4.34 Å². The van der Waals surface area contributed by atoms with Crippen LogP contribution in [0.5, 0.6) is 5.75 Å². The Morgan fingerprint density at radius 1 is 1.00 bits per heavy atom. The van der Waals surface area contributed by atoms with Gasteiger partial charge >= 0.3 is 0 Å². The standard InChI is InChI=1S/C29H30N4O3S2/c1-2-36-22-14-16-25-26(18-22)37-29(32-25)38-33-27(34)19-13-15-24(30-20-9-5-3-6-10-20)23(17-19)28(35)31-21-11-7-4-8-12-21/h4,7-8,11-18,20,30H,2-3,5-6,9-10H2,1H3,(H,31,35)(H,33,34). The molecule has 0 radical (unpaired) electrons. The average Bonchev–Trinajstić information content (AvgIpc) is 3.35. The minimum absolute atomic E-state index is 0.256. The molecule has 1 aliphatic rings. The van der Waals surface area contributed by atoms with Gasteiger partial charge in [0.1, 0.15) is 5.75 Å². The number of aromatic nitrogens is 1. The van der Waals surface area contributed by atoms with E-state index in [4.69, 9.17) is 4.74 Å². The zero-order valence-corrected chi connectivity index (χ0v) is 22.8. The lowest BCUT2D eigenvalue weighted by Crippen LogP contribution is -2.25. The Morgan fingerprint density at radius 3 is 2.61 bits per heavy atom. The van der Waals surface area contributed by atoms with Crippen molar-refractivity contribution < 1.29 is 14.3 Å². The summed E-state index contributed by atoms with van der Waals surface area (Å²) in [7, 11) is 0. The van der Waals surface area contributed by atoms with Crippen molar-refractivity contribution in [1.29, 1.82) is 0 Å². The van der Waals surface area contributed by atoms with Crippen LogP contribution in [0.1, 0.15) is 59.7 Å². The largest absolute Gasteiger partial charge is 0.494 e. The molecule has 0 bridgehead atoms. The zero-order chi connectivity index (χ0) is 26.3. The first-order valence-corrected chi connectivity index (χ1v) is 14.5. The number of hydrogen-bond donors (Lipinski definition) is 3. The second kappa shape index (κ2) is 12.3. The van der Waals surface area contributed by atoms with Gasteiger partial charge < -0.3 is 15.4 Å². The van der Waals surface area contributed by atoms with E-state index in [-0.39, 0.29) is 11.8 Å². The van der Waals surface area contributed by atoms with Gasteiger partial charge in [0.05, 0.1) is 22.4 Å². The van der Waals surface area contributed by atoms with E-state index in [2.05, 4.69) is 20.3 Å². The van der Waals surface area contributed by atoms with E-state index in [1.54, 1.807) is 12.1 Å². The average molecular weight is 547 g/mol. The van der Waals surface area contributed by atoms with Crippen molar-refractivity contribution in [2.45, 2.75) is 49.4 Å². The van der Waals surface area contributed by atoms with Gasteiger partial charge in [0.25, 0.3) is 11.8 Å². The SMILES string of the molecule is CCOc1ccc2nc(SNC(=O)c3ccc(NC4CCCCC4)c(C(=O)Nc4ccccc4)c3)sc2c1. The van der Waals surface area contributed by atoms with E-state index >= 15 is 0 Å². The molecule has 4 aromatic rings. The highest BCUT2D eigenvalue weighted by Gasteiger charge is 2.20. The number of nitrogens with one attached hydrogen (secondary N) is 3. The van der Waals surface area contributed by atoms with Crippen LogP contribution in [0.25, 0.3) is 10.2 Å². The maximum Gasteiger partial charge on any atom is 0.261 e. The fourth-order valence-corrected chi connectivity index (χ4v) is 6.25. The molecule has 7 nitrogen and oxygen atoms in total. The van der Waals surface area contributed by atoms with Crippen LogP contribution in [0.4, 0.5) is 11.4 Å². The fourth-order valence-electron chi connectivity index (χ4n) is 4.52. The Morgan fingerprint density at radius 2 is 1.82 bits per heavy atom. The molecular formula is C29H30N4O3S2. The predicted octanol–water partition coefficient (Wildman–Crippen LogP) is 7.13. The first-order chi connectivity index (χ1) is 18.6. The van der Waals surface area contributed by atoms with Crippen LogP contribution in [0.3, 0.4) is 0 Å².